The van der Waals surface area contributed by atoms with E-state index in [1.165, 1.54) is 0 Å². The fourth-order valence-electron chi connectivity index (χ4n) is 2.78. The fourth-order valence-corrected chi connectivity index (χ4v) is 2.78. The maximum atomic E-state index is 12.5. The van der Waals surface area contributed by atoms with Gasteiger partial charge in [-0.3, -0.25) is 14.5 Å². The summed E-state index contributed by atoms with van der Waals surface area (Å²) in [5.74, 6) is 0.495. The zero-order chi connectivity index (χ0) is 15.5. The number of fused-ring (bicyclic) bond motifs is 1. The number of nitrogens with zero attached hydrogens (tertiary/aromatic N) is 1. The molecule has 0 aliphatic carbocycles. The highest BCUT2D eigenvalue weighted by Gasteiger charge is 2.37. The quantitative estimate of drug-likeness (QED) is 0.941. The highest BCUT2D eigenvalue weighted by Crippen LogP contribution is 2.32. The second-order valence-corrected chi connectivity index (χ2v) is 5.26. The largest absolute Gasteiger partial charge is 0.467 e. The molecule has 1 aliphatic heterocycles. The van der Waals surface area contributed by atoms with Crippen LogP contribution in [0.3, 0.4) is 0 Å². The number of benzene rings is 1. The van der Waals surface area contributed by atoms with Crippen molar-refractivity contribution in [3.05, 3.63) is 54.0 Å². The highest BCUT2D eigenvalue weighted by molar-refractivity contribution is 6.03. The number of carbonyl (C=O) groups is 2. The molecule has 1 aromatic carbocycles. The molecule has 0 radical (unpaired) electrons. The Labute approximate surface area is 128 Å². The van der Waals surface area contributed by atoms with Crippen LogP contribution in [0.15, 0.2) is 47.1 Å². The molecule has 0 fully saturated rings. The normalized spacial score (nSPS) is 16.4. The van der Waals surface area contributed by atoms with Gasteiger partial charge in [0.15, 0.2) is 0 Å². The van der Waals surface area contributed by atoms with Crippen LogP contribution >= 0.6 is 0 Å². The molecule has 1 atom stereocenters. The van der Waals surface area contributed by atoms with Gasteiger partial charge in [0.05, 0.1) is 12.8 Å². The van der Waals surface area contributed by atoms with E-state index in [4.69, 9.17) is 4.42 Å². The van der Waals surface area contributed by atoms with Crippen molar-refractivity contribution in [2.24, 2.45) is 0 Å². The van der Waals surface area contributed by atoms with Crippen molar-refractivity contribution < 1.29 is 14.0 Å². The Morgan fingerprint density at radius 1 is 1.27 bits per heavy atom. The number of anilines is 1. The van der Waals surface area contributed by atoms with E-state index in [-0.39, 0.29) is 11.8 Å². The van der Waals surface area contributed by atoms with Gasteiger partial charge in [-0.1, -0.05) is 25.1 Å². The van der Waals surface area contributed by atoms with Crippen LogP contribution in [0.1, 0.15) is 24.7 Å². The van der Waals surface area contributed by atoms with Crippen molar-refractivity contribution in [2.75, 3.05) is 4.90 Å². The second-order valence-electron chi connectivity index (χ2n) is 5.26. The molecule has 1 aromatic heterocycles. The predicted molar refractivity (Wildman–Crippen MR) is 82.3 cm³/mol. The summed E-state index contributed by atoms with van der Waals surface area (Å²) in [7, 11) is 0. The standard InChI is InChI=1S/C17H18N2O3/c1-2-16(20)19-14-8-4-3-6-12(14)10-15(19)17(21)18-11-13-7-5-9-22-13/h3-9,15H,2,10-11H2,1H3,(H,18,21)/t15-/m1/s1. The topological polar surface area (TPSA) is 62.6 Å². The SMILES string of the molecule is CCC(=O)N1c2ccccc2C[C@@H]1C(=O)NCc1ccco1. The van der Waals surface area contributed by atoms with Crippen LogP contribution < -0.4 is 10.2 Å². The number of hydrogen-bond acceptors (Lipinski definition) is 3. The molecule has 0 saturated carbocycles. The number of rotatable bonds is 4. The molecule has 0 spiro atoms. The Bertz CT molecular complexity index is 679. The van der Waals surface area contributed by atoms with Crippen molar-refractivity contribution in [1.29, 1.82) is 0 Å². The van der Waals surface area contributed by atoms with Gasteiger partial charge in [0, 0.05) is 18.5 Å². The van der Waals surface area contributed by atoms with Crippen LogP contribution in [-0.4, -0.2) is 17.9 Å². The Balaban J connectivity index is 1.77. The number of carbonyl (C=O) groups excluding carboxylic acids is 2. The Hall–Kier alpha value is -2.56. The maximum Gasteiger partial charge on any atom is 0.243 e. The molecule has 114 valence electrons. The molecule has 5 nitrogen and oxygen atoms in total. The number of nitrogens with one attached hydrogen (secondary N) is 1. The number of amides is 2. The Morgan fingerprint density at radius 2 is 2.09 bits per heavy atom. The molecule has 22 heavy (non-hydrogen) atoms. The average molecular weight is 298 g/mol. The molecule has 1 aliphatic rings. The van der Waals surface area contributed by atoms with Gasteiger partial charge in [-0.2, -0.15) is 0 Å². The second kappa shape index (κ2) is 6.05. The van der Waals surface area contributed by atoms with E-state index < -0.39 is 6.04 Å². The molecule has 5 heteroatoms. The van der Waals surface area contributed by atoms with Crippen LogP contribution in [0.2, 0.25) is 0 Å². The van der Waals surface area contributed by atoms with E-state index in [1.807, 2.05) is 24.3 Å². The first-order chi connectivity index (χ1) is 10.7. The first-order valence-electron chi connectivity index (χ1n) is 7.40. The lowest BCUT2D eigenvalue weighted by atomic mass is 10.1. The summed E-state index contributed by atoms with van der Waals surface area (Å²) in [6, 6.07) is 10.8. The summed E-state index contributed by atoms with van der Waals surface area (Å²) in [6.45, 7) is 2.13. The summed E-state index contributed by atoms with van der Waals surface area (Å²) >= 11 is 0. The molecule has 1 N–H and O–H groups in total. The predicted octanol–water partition coefficient (Wildman–Crippen LogP) is 2.26. The molecule has 3 rings (SSSR count). The van der Waals surface area contributed by atoms with Crippen molar-refractivity contribution in [3.63, 3.8) is 0 Å². The first kappa shape index (κ1) is 14.4. The van der Waals surface area contributed by atoms with E-state index in [0.717, 1.165) is 11.3 Å². The van der Waals surface area contributed by atoms with Gasteiger partial charge in [-0.15, -0.1) is 0 Å². The van der Waals surface area contributed by atoms with E-state index in [2.05, 4.69) is 5.32 Å². The molecule has 0 bridgehead atoms. The van der Waals surface area contributed by atoms with Gasteiger partial charge in [-0.25, -0.2) is 0 Å². The van der Waals surface area contributed by atoms with Crippen LogP contribution in [0.4, 0.5) is 5.69 Å². The monoisotopic (exact) mass is 298 g/mol. The van der Waals surface area contributed by atoms with Crippen LogP contribution in [0, 0.1) is 0 Å². The van der Waals surface area contributed by atoms with Gasteiger partial charge in [0.25, 0.3) is 0 Å². The van der Waals surface area contributed by atoms with Crippen molar-refractivity contribution >= 4 is 17.5 Å². The molecule has 2 amide bonds. The van der Waals surface area contributed by atoms with Crippen molar-refractivity contribution in [2.45, 2.75) is 32.4 Å². The first-order valence-corrected chi connectivity index (χ1v) is 7.40. The lowest BCUT2D eigenvalue weighted by Crippen LogP contribution is -2.47. The zero-order valence-corrected chi connectivity index (χ0v) is 12.4. The lowest BCUT2D eigenvalue weighted by Gasteiger charge is -2.24. The third-order valence-electron chi connectivity index (χ3n) is 3.87. The third-order valence-corrected chi connectivity index (χ3v) is 3.87. The van der Waals surface area contributed by atoms with Gasteiger partial charge in [0.2, 0.25) is 11.8 Å². The average Bonchev–Trinajstić information content (AvgIpc) is 3.19. The van der Waals surface area contributed by atoms with E-state index >= 15 is 0 Å². The summed E-state index contributed by atoms with van der Waals surface area (Å²) < 4.78 is 5.21. The smallest absolute Gasteiger partial charge is 0.243 e. The number of furan rings is 1. The van der Waals surface area contributed by atoms with Crippen molar-refractivity contribution in [1.82, 2.24) is 5.32 Å². The van der Waals surface area contributed by atoms with Gasteiger partial charge < -0.3 is 9.73 Å². The van der Waals surface area contributed by atoms with E-state index in [1.54, 1.807) is 30.2 Å². The number of hydrogen-bond donors (Lipinski definition) is 1. The van der Waals surface area contributed by atoms with Gasteiger partial charge in [-0.05, 0) is 23.8 Å². The van der Waals surface area contributed by atoms with Crippen LogP contribution in [-0.2, 0) is 22.6 Å². The minimum atomic E-state index is -0.486. The molecule has 0 saturated heterocycles. The molecule has 2 heterocycles. The summed E-state index contributed by atoms with van der Waals surface area (Å²) in [5.41, 5.74) is 1.87. The molecule has 0 unspecified atom stereocenters. The number of para-hydroxylation sites is 1. The van der Waals surface area contributed by atoms with Crippen molar-refractivity contribution in [3.8, 4) is 0 Å². The fraction of sp³-hybridized carbons (Fsp3) is 0.294. The lowest BCUT2D eigenvalue weighted by molar-refractivity contribution is -0.126. The summed E-state index contributed by atoms with van der Waals surface area (Å²) in [4.78, 5) is 26.4. The minimum absolute atomic E-state index is 0.0388. The van der Waals surface area contributed by atoms with E-state index in [9.17, 15) is 9.59 Å². The Kier molecular flexibility index (Phi) is 3.96. The summed E-state index contributed by atoms with van der Waals surface area (Å²) in [5, 5.41) is 2.84. The molecular formula is C17H18N2O3. The van der Waals surface area contributed by atoms with Gasteiger partial charge in [0.1, 0.15) is 11.8 Å². The zero-order valence-electron chi connectivity index (χ0n) is 12.4. The maximum absolute atomic E-state index is 12.5. The molecule has 2 aromatic rings. The van der Waals surface area contributed by atoms with E-state index in [0.29, 0.717) is 25.1 Å². The highest BCUT2D eigenvalue weighted by atomic mass is 16.3. The Morgan fingerprint density at radius 3 is 2.82 bits per heavy atom. The van der Waals surface area contributed by atoms with Crippen LogP contribution in [0.25, 0.3) is 0 Å². The van der Waals surface area contributed by atoms with Crippen LogP contribution in [0.5, 0.6) is 0 Å². The molecular weight excluding hydrogens is 280 g/mol. The third kappa shape index (κ3) is 2.62. The summed E-state index contributed by atoms with van der Waals surface area (Å²) in [6.07, 6.45) is 2.49. The minimum Gasteiger partial charge on any atom is -0.467 e. The van der Waals surface area contributed by atoms with Gasteiger partial charge >= 0.3 is 0 Å².